The molecule has 1 aliphatic rings. The number of ether oxygens (including phenoxy) is 1. The summed E-state index contributed by atoms with van der Waals surface area (Å²) in [5, 5.41) is 2.99. The molecule has 0 radical (unpaired) electrons. The average molecular weight is 289 g/mol. The van der Waals surface area contributed by atoms with E-state index in [0.29, 0.717) is 5.92 Å². The maximum atomic E-state index is 12.2. The van der Waals surface area contributed by atoms with Gasteiger partial charge in [-0.05, 0) is 49.1 Å². The highest BCUT2D eigenvalue weighted by Gasteiger charge is 2.25. The number of hydrogen-bond acceptors (Lipinski definition) is 2. The quantitative estimate of drug-likeness (QED) is 0.852. The highest BCUT2D eigenvalue weighted by Crippen LogP contribution is 2.27. The third-order valence-corrected chi connectivity index (χ3v) is 4.52. The highest BCUT2D eigenvalue weighted by molar-refractivity contribution is 5.87. The van der Waals surface area contributed by atoms with E-state index in [-0.39, 0.29) is 12.2 Å². The van der Waals surface area contributed by atoms with E-state index in [1.54, 1.807) is 0 Å². The summed E-state index contributed by atoms with van der Waals surface area (Å²) in [5.41, 5.74) is 3.28. The normalized spacial score (nSPS) is 21.9. The van der Waals surface area contributed by atoms with E-state index in [0.717, 1.165) is 37.8 Å². The van der Waals surface area contributed by atoms with E-state index >= 15 is 0 Å². The molecular weight excluding hydrogens is 262 g/mol. The minimum Gasteiger partial charge on any atom is -0.446 e. The highest BCUT2D eigenvalue weighted by atomic mass is 16.6. The fourth-order valence-electron chi connectivity index (χ4n) is 3.13. The molecule has 1 aromatic rings. The maximum absolute atomic E-state index is 12.2. The van der Waals surface area contributed by atoms with Gasteiger partial charge in [-0.2, -0.15) is 0 Å². The molecule has 3 heteroatoms. The van der Waals surface area contributed by atoms with E-state index in [4.69, 9.17) is 4.74 Å². The smallest absolute Gasteiger partial charge is 0.411 e. The fraction of sp³-hybridized carbons (Fsp3) is 0.611. The van der Waals surface area contributed by atoms with Crippen molar-refractivity contribution in [1.29, 1.82) is 0 Å². The molecule has 0 heterocycles. The number of benzene rings is 1. The van der Waals surface area contributed by atoms with Gasteiger partial charge in [0.15, 0.2) is 0 Å². The van der Waals surface area contributed by atoms with Crippen molar-refractivity contribution in [3.8, 4) is 0 Å². The standard InChI is InChI=1S/C18H27NO2/c1-4-14-10-8-11-15(5-2)17(14)19-18(20)21-16-12-7-6-9-13(16)3/h8,10-11,13,16H,4-7,9,12H2,1-3H3,(H,19,20)/t13-,16-/m0/s1. The summed E-state index contributed by atoms with van der Waals surface area (Å²) in [6, 6.07) is 6.19. The number of anilines is 1. The second-order valence-electron chi connectivity index (χ2n) is 5.99. The molecule has 0 saturated heterocycles. The predicted molar refractivity (Wildman–Crippen MR) is 86.7 cm³/mol. The Balaban J connectivity index is 2.05. The lowest BCUT2D eigenvalue weighted by Crippen LogP contribution is -2.30. The molecule has 1 N–H and O–H groups in total. The topological polar surface area (TPSA) is 38.3 Å². The second kappa shape index (κ2) is 7.48. The minimum atomic E-state index is -0.302. The van der Waals surface area contributed by atoms with Crippen LogP contribution >= 0.6 is 0 Å². The van der Waals surface area contributed by atoms with Crippen LogP contribution in [0.2, 0.25) is 0 Å². The number of carbonyl (C=O) groups is 1. The molecule has 1 saturated carbocycles. The van der Waals surface area contributed by atoms with Crippen molar-refractivity contribution < 1.29 is 9.53 Å². The molecule has 1 aromatic carbocycles. The van der Waals surface area contributed by atoms with Crippen LogP contribution in [-0.2, 0) is 17.6 Å². The molecule has 0 unspecified atom stereocenters. The summed E-state index contributed by atoms with van der Waals surface area (Å²) in [7, 11) is 0. The van der Waals surface area contributed by atoms with Crippen LogP contribution in [0.25, 0.3) is 0 Å². The summed E-state index contributed by atoms with van der Waals surface area (Å²) in [6.07, 6.45) is 6.14. The fourth-order valence-corrected chi connectivity index (χ4v) is 3.13. The van der Waals surface area contributed by atoms with Crippen molar-refractivity contribution >= 4 is 11.8 Å². The molecule has 2 atom stereocenters. The SMILES string of the molecule is CCc1cccc(CC)c1NC(=O)O[C@H]1CCCC[C@@H]1C. The van der Waals surface area contributed by atoms with Crippen LogP contribution in [-0.4, -0.2) is 12.2 Å². The summed E-state index contributed by atoms with van der Waals surface area (Å²) in [5.74, 6) is 0.469. The molecule has 0 aromatic heterocycles. The Morgan fingerprint density at radius 3 is 2.38 bits per heavy atom. The van der Waals surface area contributed by atoms with Crippen LogP contribution in [0.1, 0.15) is 57.6 Å². The number of amides is 1. The molecule has 2 rings (SSSR count). The number of rotatable bonds is 4. The van der Waals surface area contributed by atoms with E-state index in [1.807, 2.05) is 0 Å². The van der Waals surface area contributed by atoms with Gasteiger partial charge in [-0.15, -0.1) is 0 Å². The van der Waals surface area contributed by atoms with Crippen molar-refractivity contribution in [2.75, 3.05) is 5.32 Å². The van der Waals surface area contributed by atoms with E-state index in [9.17, 15) is 4.79 Å². The Morgan fingerprint density at radius 2 is 1.81 bits per heavy atom. The Morgan fingerprint density at radius 1 is 1.19 bits per heavy atom. The minimum absolute atomic E-state index is 0.0672. The van der Waals surface area contributed by atoms with Crippen molar-refractivity contribution in [2.24, 2.45) is 5.92 Å². The number of para-hydroxylation sites is 1. The molecule has 0 spiro atoms. The van der Waals surface area contributed by atoms with Crippen LogP contribution in [0.3, 0.4) is 0 Å². The summed E-state index contributed by atoms with van der Waals surface area (Å²) < 4.78 is 5.66. The van der Waals surface area contributed by atoms with Crippen molar-refractivity contribution in [3.63, 3.8) is 0 Å². The molecule has 3 nitrogen and oxygen atoms in total. The van der Waals surface area contributed by atoms with Crippen LogP contribution in [0, 0.1) is 5.92 Å². The zero-order valence-corrected chi connectivity index (χ0v) is 13.4. The van der Waals surface area contributed by atoms with E-state index in [1.165, 1.54) is 17.5 Å². The zero-order valence-electron chi connectivity index (χ0n) is 13.4. The monoisotopic (exact) mass is 289 g/mol. The van der Waals surface area contributed by atoms with Gasteiger partial charge in [0.25, 0.3) is 0 Å². The first-order valence-corrected chi connectivity index (χ1v) is 8.24. The zero-order chi connectivity index (χ0) is 15.2. The van der Waals surface area contributed by atoms with Gasteiger partial charge in [0.1, 0.15) is 6.10 Å². The number of carbonyl (C=O) groups excluding carboxylic acids is 1. The Bertz CT molecular complexity index is 462. The molecule has 21 heavy (non-hydrogen) atoms. The molecule has 1 aliphatic carbocycles. The average Bonchev–Trinajstić information content (AvgIpc) is 2.49. The van der Waals surface area contributed by atoms with Gasteiger partial charge in [0.2, 0.25) is 0 Å². The van der Waals surface area contributed by atoms with Crippen LogP contribution < -0.4 is 5.32 Å². The molecule has 116 valence electrons. The number of hydrogen-bond donors (Lipinski definition) is 1. The molecule has 1 amide bonds. The number of nitrogens with one attached hydrogen (secondary N) is 1. The summed E-state index contributed by atoms with van der Waals surface area (Å²) in [4.78, 5) is 12.2. The summed E-state index contributed by atoms with van der Waals surface area (Å²) in [6.45, 7) is 6.39. The van der Waals surface area contributed by atoms with Crippen LogP contribution in [0.5, 0.6) is 0 Å². The number of aryl methyl sites for hydroxylation is 2. The van der Waals surface area contributed by atoms with Crippen molar-refractivity contribution in [3.05, 3.63) is 29.3 Å². The summed E-state index contributed by atoms with van der Waals surface area (Å²) >= 11 is 0. The molecular formula is C18H27NO2. The lowest BCUT2D eigenvalue weighted by atomic mass is 9.88. The first kappa shape index (κ1) is 15.9. The van der Waals surface area contributed by atoms with Crippen molar-refractivity contribution in [1.82, 2.24) is 0 Å². The largest absolute Gasteiger partial charge is 0.446 e. The van der Waals surface area contributed by atoms with Gasteiger partial charge in [0, 0.05) is 0 Å². The van der Waals surface area contributed by atoms with Crippen LogP contribution in [0.4, 0.5) is 10.5 Å². The van der Waals surface area contributed by atoms with Gasteiger partial charge in [-0.1, -0.05) is 45.4 Å². The van der Waals surface area contributed by atoms with Gasteiger partial charge in [0.05, 0.1) is 5.69 Å². The van der Waals surface area contributed by atoms with Gasteiger partial charge in [-0.3, -0.25) is 5.32 Å². The van der Waals surface area contributed by atoms with Gasteiger partial charge < -0.3 is 4.74 Å². The lowest BCUT2D eigenvalue weighted by Gasteiger charge is -2.28. The Hall–Kier alpha value is -1.51. The predicted octanol–water partition coefficient (Wildman–Crippen LogP) is 4.94. The third-order valence-electron chi connectivity index (χ3n) is 4.52. The Labute approximate surface area is 128 Å². The van der Waals surface area contributed by atoms with E-state index < -0.39 is 0 Å². The van der Waals surface area contributed by atoms with Gasteiger partial charge in [-0.25, -0.2) is 4.79 Å². The molecule has 0 aliphatic heterocycles. The van der Waals surface area contributed by atoms with Crippen LogP contribution in [0.15, 0.2) is 18.2 Å². The van der Waals surface area contributed by atoms with Gasteiger partial charge >= 0.3 is 6.09 Å². The lowest BCUT2D eigenvalue weighted by molar-refractivity contribution is 0.0524. The third kappa shape index (κ3) is 3.99. The first-order chi connectivity index (χ1) is 10.2. The second-order valence-corrected chi connectivity index (χ2v) is 5.99. The first-order valence-electron chi connectivity index (χ1n) is 8.24. The maximum Gasteiger partial charge on any atom is 0.411 e. The Kier molecular flexibility index (Phi) is 5.66. The van der Waals surface area contributed by atoms with E-state index in [2.05, 4.69) is 44.3 Å². The van der Waals surface area contributed by atoms with Crippen molar-refractivity contribution in [2.45, 2.75) is 65.4 Å². The molecule has 1 fully saturated rings. The molecule has 0 bridgehead atoms.